The molecule has 0 saturated heterocycles. The fourth-order valence-electron chi connectivity index (χ4n) is 1.90. The van der Waals surface area contributed by atoms with E-state index in [1.165, 1.54) is 51.4 Å². The predicted molar refractivity (Wildman–Crippen MR) is 69.4 cm³/mol. The van der Waals surface area contributed by atoms with Crippen molar-refractivity contribution in [2.75, 3.05) is 0 Å². The van der Waals surface area contributed by atoms with Crippen molar-refractivity contribution >= 4 is 6.03 Å². The smallest absolute Gasteiger partial charge is 0.312 e. The maximum atomic E-state index is 10.6. The minimum absolute atomic E-state index is 0.220. The zero-order chi connectivity index (χ0) is 12.2. The van der Waals surface area contributed by atoms with Gasteiger partial charge in [-0.1, -0.05) is 58.3 Å². The van der Waals surface area contributed by atoms with Gasteiger partial charge in [0.05, 0.1) is 0 Å². The van der Waals surface area contributed by atoms with Gasteiger partial charge in [-0.3, -0.25) is 0 Å². The van der Waals surface area contributed by atoms with E-state index >= 15 is 0 Å². The molecular weight excluding hydrogens is 200 g/mol. The SMILES string of the molecule is CCCCCCCCCCC(C)NC(N)=O. The van der Waals surface area contributed by atoms with Crippen molar-refractivity contribution in [3.8, 4) is 0 Å². The molecule has 1 unspecified atom stereocenters. The van der Waals surface area contributed by atoms with Gasteiger partial charge in [-0.2, -0.15) is 0 Å². The van der Waals surface area contributed by atoms with Crippen molar-refractivity contribution in [3.05, 3.63) is 0 Å². The van der Waals surface area contributed by atoms with Gasteiger partial charge in [-0.05, 0) is 13.3 Å². The topological polar surface area (TPSA) is 55.1 Å². The number of unbranched alkanes of at least 4 members (excludes halogenated alkanes) is 7. The Bertz CT molecular complexity index is 171. The molecule has 3 N–H and O–H groups in total. The minimum atomic E-state index is -0.410. The Morgan fingerprint density at radius 3 is 2.06 bits per heavy atom. The van der Waals surface area contributed by atoms with E-state index < -0.39 is 6.03 Å². The van der Waals surface area contributed by atoms with E-state index in [1.54, 1.807) is 0 Å². The number of amides is 2. The zero-order valence-corrected chi connectivity index (χ0v) is 10.9. The minimum Gasteiger partial charge on any atom is -0.352 e. The molecule has 1 atom stereocenters. The van der Waals surface area contributed by atoms with E-state index in [2.05, 4.69) is 12.2 Å². The van der Waals surface area contributed by atoms with Crippen LogP contribution in [0.4, 0.5) is 4.79 Å². The summed E-state index contributed by atoms with van der Waals surface area (Å²) < 4.78 is 0. The van der Waals surface area contributed by atoms with Crippen molar-refractivity contribution in [2.45, 2.75) is 77.7 Å². The van der Waals surface area contributed by atoms with Crippen LogP contribution in [0.2, 0.25) is 0 Å². The number of rotatable bonds is 10. The summed E-state index contributed by atoms with van der Waals surface area (Å²) in [6.07, 6.45) is 11.6. The highest BCUT2D eigenvalue weighted by atomic mass is 16.2. The average molecular weight is 228 g/mol. The average Bonchev–Trinajstić information content (AvgIpc) is 2.21. The molecule has 0 bridgehead atoms. The van der Waals surface area contributed by atoms with E-state index in [0.29, 0.717) is 0 Å². The lowest BCUT2D eigenvalue weighted by molar-refractivity contribution is 0.245. The third-order valence-electron chi connectivity index (χ3n) is 2.88. The first kappa shape index (κ1) is 15.3. The second-order valence-electron chi connectivity index (χ2n) is 4.67. The van der Waals surface area contributed by atoms with Gasteiger partial charge in [0.15, 0.2) is 0 Å². The number of carbonyl (C=O) groups excluding carboxylic acids is 1. The number of primary amides is 1. The highest BCUT2D eigenvalue weighted by Gasteiger charge is 2.02. The molecule has 0 aliphatic carbocycles. The van der Waals surface area contributed by atoms with Crippen LogP contribution in [0.25, 0.3) is 0 Å². The molecule has 0 spiro atoms. The molecule has 3 nitrogen and oxygen atoms in total. The summed E-state index contributed by atoms with van der Waals surface area (Å²) in [5, 5.41) is 2.70. The van der Waals surface area contributed by atoms with Gasteiger partial charge in [-0.15, -0.1) is 0 Å². The van der Waals surface area contributed by atoms with Crippen LogP contribution in [0.3, 0.4) is 0 Å². The Hall–Kier alpha value is -0.730. The lowest BCUT2D eigenvalue weighted by Crippen LogP contribution is -2.36. The molecule has 0 heterocycles. The second kappa shape index (κ2) is 10.8. The van der Waals surface area contributed by atoms with E-state index in [0.717, 1.165) is 6.42 Å². The number of hydrogen-bond acceptors (Lipinski definition) is 1. The largest absolute Gasteiger partial charge is 0.352 e. The van der Waals surface area contributed by atoms with Gasteiger partial charge in [0.2, 0.25) is 0 Å². The standard InChI is InChI=1S/C13H28N2O/c1-3-4-5-6-7-8-9-10-11-12(2)15-13(14)16/h12H,3-11H2,1-2H3,(H3,14,15,16). The Morgan fingerprint density at radius 1 is 1.06 bits per heavy atom. The highest BCUT2D eigenvalue weighted by Crippen LogP contribution is 2.10. The van der Waals surface area contributed by atoms with Gasteiger partial charge < -0.3 is 11.1 Å². The summed E-state index contributed by atoms with van der Waals surface area (Å²) in [4.78, 5) is 10.6. The number of urea groups is 1. The Kier molecular flexibility index (Phi) is 10.3. The third kappa shape index (κ3) is 11.3. The Labute approximate surface area is 100 Å². The summed E-state index contributed by atoms with van der Waals surface area (Å²) in [7, 11) is 0. The van der Waals surface area contributed by atoms with Crippen molar-refractivity contribution in [3.63, 3.8) is 0 Å². The molecule has 0 radical (unpaired) electrons. The van der Waals surface area contributed by atoms with E-state index in [1.807, 2.05) is 6.92 Å². The molecule has 3 heteroatoms. The zero-order valence-electron chi connectivity index (χ0n) is 10.9. The molecule has 0 rings (SSSR count). The van der Waals surface area contributed by atoms with Crippen LogP contribution < -0.4 is 11.1 Å². The molecule has 0 fully saturated rings. The molecule has 0 saturated carbocycles. The van der Waals surface area contributed by atoms with E-state index in [4.69, 9.17) is 5.73 Å². The summed E-state index contributed by atoms with van der Waals surface area (Å²) in [6.45, 7) is 4.25. The fraction of sp³-hybridized carbons (Fsp3) is 0.923. The van der Waals surface area contributed by atoms with Crippen molar-refractivity contribution in [1.29, 1.82) is 0 Å². The fourth-order valence-corrected chi connectivity index (χ4v) is 1.90. The van der Waals surface area contributed by atoms with Crippen LogP contribution in [-0.4, -0.2) is 12.1 Å². The van der Waals surface area contributed by atoms with Gasteiger partial charge in [0.25, 0.3) is 0 Å². The van der Waals surface area contributed by atoms with Gasteiger partial charge in [-0.25, -0.2) is 4.79 Å². The predicted octanol–water partition coefficient (Wildman–Crippen LogP) is 3.57. The van der Waals surface area contributed by atoms with Crippen molar-refractivity contribution in [1.82, 2.24) is 5.32 Å². The molecule has 0 aromatic heterocycles. The summed E-state index contributed by atoms with van der Waals surface area (Å²) in [5.41, 5.74) is 5.04. The van der Waals surface area contributed by atoms with Crippen molar-refractivity contribution < 1.29 is 4.79 Å². The lowest BCUT2D eigenvalue weighted by atomic mass is 10.1. The maximum Gasteiger partial charge on any atom is 0.312 e. The van der Waals surface area contributed by atoms with E-state index in [-0.39, 0.29) is 6.04 Å². The molecule has 0 aromatic rings. The first-order valence-electron chi connectivity index (χ1n) is 6.72. The normalized spacial score (nSPS) is 12.4. The first-order chi connectivity index (χ1) is 7.66. The van der Waals surface area contributed by atoms with Gasteiger partial charge in [0, 0.05) is 6.04 Å². The monoisotopic (exact) mass is 228 g/mol. The molecule has 0 aromatic carbocycles. The van der Waals surface area contributed by atoms with Crippen LogP contribution in [0.5, 0.6) is 0 Å². The maximum absolute atomic E-state index is 10.6. The molecule has 16 heavy (non-hydrogen) atoms. The highest BCUT2D eigenvalue weighted by molar-refractivity contribution is 5.71. The summed E-state index contributed by atoms with van der Waals surface area (Å²) in [6, 6.07) is -0.190. The molecular formula is C13H28N2O. The number of carbonyl (C=O) groups is 1. The summed E-state index contributed by atoms with van der Waals surface area (Å²) in [5.74, 6) is 0. The Balaban J connectivity index is 3.11. The molecule has 96 valence electrons. The number of nitrogens with two attached hydrogens (primary N) is 1. The van der Waals surface area contributed by atoms with Gasteiger partial charge >= 0.3 is 6.03 Å². The second-order valence-corrected chi connectivity index (χ2v) is 4.67. The van der Waals surface area contributed by atoms with Crippen LogP contribution in [0.1, 0.15) is 71.6 Å². The van der Waals surface area contributed by atoms with Gasteiger partial charge in [0.1, 0.15) is 0 Å². The molecule has 2 amide bonds. The first-order valence-corrected chi connectivity index (χ1v) is 6.72. The van der Waals surface area contributed by atoms with Crippen LogP contribution in [0, 0.1) is 0 Å². The Morgan fingerprint density at radius 2 is 1.56 bits per heavy atom. The van der Waals surface area contributed by atoms with Crippen LogP contribution in [-0.2, 0) is 0 Å². The molecule has 0 aliphatic rings. The number of hydrogen-bond donors (Lipinski definition) is 2. The van der Waals surface area contributed by atoms with Crippen LogP contribution in [0.15, 0.2) is 0 Å². The molecule has 0 aliphatic heterocycles. The third-order valence-corrected chi connectivity index (χ3v) is 2.88. The quantitative estimate of drug-likeness (QED) is 0.552. The lowest BCUT2D eigenvalue weighted by Gasteiger charge is -2.11. The number of nitrogens with one attached hydrogen (secondary N) is 1. The van der Waals surface area contributed by atoms with Crippen molar-refractivity contribution in [2.24, 2.45) is 5.73 Å². The summed E-state index contributed by atoms with van der Waals surface area (Å²) >= 11 is 0. The van der Waals surface area contributed by atoms with Crippen LogP contribution >= 0.6 is 0 Å². The van der Waals surface area contributed by atoms with E-state index in [9.17, 15) is 4.79 Å².